The summed E-state index contributed by atoms with van der Waals surface area (Å²) >= 11 is 0. The third kappa shape index (κ3) is 3.33. The van der Waals surface area contributed by atoms with E-state index in [2.05, 4.69) is 5.32 Å². The fraction of sp³-hybridized carbons (Fsp3) is 0.462. The van der Waals surface area contributed by atoms with Gasteiger partial charge >= 0.3 is 0 Å². The number of likely N-dealkylation sites (tertiary alicyclic amines) is 1. The lowest BCUT2D eigenvalue weighted by Gasteiger charge is -2.16. The van der Waals surface area contributed by atoms with E-state index >= 15 is 0 Å². The molecule has 2 rings (SSSR count). The predicted molar refractivity (Wildman–Crippen MR) is 69.7 cm³/mol. The topological polar surface area (TPSA) is 58.4 Å². The predicted octanol–water partition coefficient (Wildman–Crippen LogP) is 1.97. The number of hydrogen-bond acceptors (Lipinski definition) is 3. The molecule has 0 aromatic heterocycles. The van der Waals surface area contributed by atoms with Gasteiger partial charge in [0.25, 0.3) is 0 Å². The van der Waals surface area contributed by atoms with Gasteiger partial charge in [0.1, 0.15) is 5.82 Å². The number of amides is 1. The maximum atomic E-state index is 13.2. The van der Waals surface area contributed by atoms with Crippen molar-refractivity contribution in [1.29, 1.82) is 0 Å². The first-order valence-electron chi connectivity index (χ1n) is 6.34. The Balaban J connectivity index is 1.87. The highest BCUT2D eigenvalue weighted by molar-refractivity contribution is 5.77. The Hall–Kier alpha value is -1.85. The average molecular weight is 269 g/mol. The van der Waals surface area contributed by atoms with Gasteiger partial charge in [-0.15, -0.1) is 0 Å². The normalized spacial score (nSPS) is 14.7. The maximum absolute atomic E-state index is 13.2. The molecule has 104 valence electrons. The fourth-order valence-corrected chi connectivity index (χ4v) is 2.16. The Bertz CT molecular complexity index is 473. The smallest absolute Gasteiger partial charge is 0.224 e. The Morgan fingerprint density at radius 3 is 2.68 bits per heavy atom. The van der Waals surface area contributed by atoms with Crippen LogP contribution in [0, 0.1) is 11.6 Å². The van der Waals surface area contributed by atoms with E-state index in [9.17, 15) is 13.6 Å². The first kappa shape index (κ1) is 13.6. The quantitative estimate of drug-likeness (QED) is 0.822. The SMILES string of the molecule is Nc1c(F)cc(F)cc1NCCC(=O)N1CCCC1. The number of hydrogen-bond donors (Lipinski definition) is 2. The molecule has 1 fully saturated rings. The first-order valence-corrected chi connectivity index (χ1v) is 6.34. The molecule has 1 aromatic rings. The number of carbonyl (C=O) groups is 1. The van der Waals surface area contributed by atoms with Crippen molar-refractivity contribution in [2.75, 3.05) is 30.7 Å². The lowest BCUT2D eigenvalue weighted by atomic mass is 10.2. The van der Waals surface area contributed by atoms with E-state index in [0.717, 1.165) is 38.1 Å². The first-order chi connectivity index (χ1) is 9.08. The molecule has 0 bridgehead atoms. The molecule has 3 N–H and O–H groups in total. The van der Waals surface area contributed by atoms with Gasteiger partial charge in [0.2, 0.25) is 5.91 Å². The maximum Gasteiger partial charge on any atom is 0.224 e. The highest BCUT2D eigenvalue weighted by atomic mass is 19.1. The van der Waals surface area contributed by atoms with Crippen LogP contribution in [0.5, 0.6) is 0 Å². The Morgan fingerprint density at radius 1 is 1.32 bits per heavy atom. The van der Waals surface area contributed by atoms with Crippen molar-refractivity contribution in [2.24, 2.45) is 0 Å². The van der Waals surface area contributed by atoms with E-state index in [1.165, 1.54) is 0 Å². The van der Waals surface area contributed by atoms with Crippen molar-refractivity contribution < 1.29 is 13.6 Å². The Morgan fingerprint density at radius 2 is 2.00 bits per heavy atom. The van der Waals surface area contributed by atoms with E-state index < -0.39 is 11.6 Å². The Kier molecular flexibility index (Phi) is 4.19. The molecule has 4 nitrogen and oxygen atoms in total. The summed E-state index contributed by atoms with van der Waals surface area (Å²) in [5.74, 6) is -1.44. The van der Waals surface area contributed by atoms with E-state index in [0.29, 0.717) is 6.54 Å². The molecule has 1 aliphatic heterocycles. The summed E-state index contributed by atoms with van der Waals surface area (Å²) in [7, 11) is 0. The number of nitrogens with zero attached hydrogens (tertiary/aromatic N) is 1. The van der Waals surface area contributed by atoms with Crippen LogP contribution in [0.4, 0.5) is 20.2 Å². The van der Waals surface area contributed by atoms with Crippen molar-refractivity contribution in [3.05, 3.63) is 23.8 Å². The average Bonchev–Trinajstić information content (AvgIpc) is 2.88. The van der Waals surface area contributed by atoms with E-state index in [1.54, 1.807) is 4.90 Å². The van der Waals surface area contributed by atoms with Crippen molar-refractivity contribution in [3.63, 3.8) is 0 Å². The second-order valence-corrected chi connectivity index (χ2v) is 4.61. The van der Waals surface area contributed by atoms with Gasteiger partial charge < -0.3 is 16.0 Å². The molecule has 0 saturated carbocycles. The van der Waals surface area contributed by atoms with Crippen molar-refractivity contribution in [3.8, 4) is 0 Å². The zero-order valence-electron chi connectivity index (χ0n) is 10.6. The van der Waals surface area contributed by atoms with E-state index in [4.69, 9.17) is 5.73 Å². The molecule has 19 heavy (non-hydrogen) atoms. The van der Waals surface area contributed by atoms with Crippen LogP contribution in [0.1, 0.15) is 19.3 Å². The number of nitrogens with two attached hydrogens (primary N) is 1. The molecule has 1 amide bonds. The summed E-state index contributed by atoms with van der Waals surface area (Å²) in [6, 6.07) is 1.86. The van der Waals surface area contributed by atoms with Crippen LogP contribution in [0.25, 0.3) is 0 Å². The van der Waals surface area contributed by atoms with Crippen molar-refractivity contribution in [1.82, 2.24) is 4.90 Å². The minimum Gasteiger partial charge on any atom is -0.395 e. The molecule has 1 heterocycles. The zero-order valence-corrected chi connectivity index (χ0v) is 10.6. The van der Waals surface area contributed by atoms with Crippen LogP contribution in [-0.4, -0.2) is 30.4 Å². The summed E-state index contributed by atoms with van der Waals surface area (Å²) in [5, 5.41) is 2.80. The second kappa shape index (κ2) is 5.86. The van der Waals surface area contributed by atoms with Gasteiger partial charge in [-0.1, -0.05) is 0 Å². The van der Waals surface area contributed by atoms with Gasteiger partial charge in [-0.2, -0.15) is 0 Å². The monoisotopic (exact) mass is 269 g/mol. The number of nitrogens with one attached hydrogen (secondary N) is 1. The summed E-state index contributed by atoms with van der Waals surface area (Å²) in [5.41, 5.74) is 5.55. The fourth-order valence-electron chi connectivity index (χ4n) is 2.16. The number of carbonyl (C=O) groups excluding carboxylic acids is 1. The van der Waals surface area contributed by atoms with Gasteiger partial charge in [-0.05, 0) is 18.9 Å². The summed E-state index contributed by atoms with van der Waals surface area (Å²) in [6.07, 6.45) is 2.38. The molecular formula is C13H17F2N3O. The van der Waals surface area contributed by atoms with Gasteiger partial charge in [-0.25, -0.2) is 8.78 Å². The highest BCUT2D eigenvalue weighted by Gasteiger charge is 2.17. The minimum atomic E-state index is -0.798. The van der Waals surface area contributed by atoms with Gasteiger partial charge in [0.15, 0.2) is 5.82 Å². The largest absolute Gasteiger partial charge is 0.395 e. The van der Waals surface area contributed by atoms with Crippen LogP contribution in [0.15, 0.2) is 12.1 Å². The lowest BCUT2D eigenvalue weighted by molar-refractivity contribution is -0.129. The van der Waals surface area contributed by atoms with Crippen LogP contribution in [-0.2, 0) is 4.79 Å². The van der Waals surface area contributed by atoms with Crippen LogP contribution in [0.2, 0.25) is 0 Å². The highest BCUT2D eigenvalue weighted by Crippen LogP contribution is 2.23. The van der Waals surface area contributed by atoms with Gasteiger partial charge in [0.05, 0.1) is 11.4 Å². The number of halogens is 2. The van der Waals surface area contributed by atoms with Crippen LogP contribution < -0.4 is 11.1 Å². The molecule has 6 heteroatoms. The molecule has 0 unspecified atom stereocenters. The zero-order chi connectivity index (χ0) is 13.8. The molecule has 1 saturated heterocycles. The lowest BCUT2D eigenvalue weighted by Crippen LogP contribution is -2.29. The van der Waals surface area contributed by atoms with Crippen LogP contribution in [0.3, 0.4) is 0 Å². The van der Waals surface area contributed by atoms with E-state index in [-0.39, 0.29) is 23.7 Å². The molecule has 1 aliphatic rings. The second-order valence-electron chi connectivity index (χ2n) is 4.61. The number of anilines is 2. The molecular weight excluding hydrogens is 252 g/mol. The number of rotatable bonds is 4. The molecule has 0 radical (unpaired) electrons. The van der Waals surface area contributed by atoms with Gasteiger partial charge in [0, 0.05) is 32.1 Å². The molecule has 1 aromatic carbocycles. The summed E-state index contributed by atoms with van der Waals surface area (Å²) in [4.78, 5) is 13.6. The van der Waals surface area contributed by atoms with Crippen LogP contribution >= 0.6 is 0 Å². The number of benzene rings is 1. The number of nitrogen functional groups attached to an aromatic ring is 1. The third-order valence-corrected chi connectivity index (χ3v) is 3.21. The van der Waals surface area contributed by atoms with Crippen molar-refractivity contribution in [2.45, 2.75) is 19.3 Å². The molecule has 0 atom stereocenters. The minimum absolute atomic E-state index is 0.0560. The summed E-state index contributed by atoms with van der Waals surface area (Å²) in [6.45, 7) is 1.91. The summed E-state index contributed by atoms with van der Waals surface area (Å²) < 4.78 is 26.2. The molecule has 0 aliphatic carbocycles. The van der Waals surface area contributed by atoms with Crippen molar-refractivity contribution >= 4 is 17.3 Å². The standard InChI is InChI=1S/C13H17F2N3O/c14-9-7-10(15)13(16)11(8-9)17-4-3-12(19)18-5-1-2-6-18/h7-8,17H,1-6,16H2. The Labute approximate surface area is 110 Å². The van der Waals surface area contributed by atoms with Gasteiger partial charge in [-0.3, -0.25) is 4.79 Å². The third-order valence-electron chi connectivity index (χ3n) is 3.21. The molecule has 0 spiro atoms. The van der Waals surface area contributed by atoms with E-state index in [1.807, 2.05) is 0 Å².